The number of nitrogens with one attached hydrogen (secondary N) is 3. The number of anilines is 1. The number of nitrogens with zero attached hydrogens (tertiary/aromatic N) is 3. The molecule has 304 valence electrons. The molecule has 14 nitrogen and oxygen atoms in total. The number of hydrogen-bond acceptors (Lipinski definition) is 10. The van der Waals surface area contributed by atoms with Gasteiger partial charge in [-0.05, 0) is 81.0 Å². The molecule has 3 amide bonds. The molecule has 4 aliphatic rings. The van der Waals surface area contributed by atoms with Gasteiger partial charge in [0, 0.05) is 29.8 Å². The number of rotatable bonds is 13. The molecule has 3 aliphatic carbocycles. The Morgan fingerprint density at radius 3 is 2.39 bits per heavy atom. The Morgan fingerprint density at radius 1 is 1.02 bits per heavy atom. The molecule has 4 N–H and O–H groups in total. The number of pyridine rings is 2. The summed E-state index contributed by atoms with van der Waals surface area (Å²) in [4.78, 5) is 65.6. The molecule has 3 heterocycles. The van der Waals surface area contributed by atoms with Crippen LogP contribution in [-0.4, -0.2) is 93.4 Å². The second-order valence-corrected chi connectivity index (χ2v) is 17.6. The van der Waals surface area contributed by atoms with E-state index in [4.69, 9.17) is 35.8 Å². The summed E-state index contributed by atoms with van der Waals surface area (Å²) in [6.45, 7) is 13.2. The number of likely N-dealkylation sites (tertiary alicyclic amines) is 1. The van der Waals surface area contributed by atoms with Crippen LogP contribution in [0.5, 0.6) is 11.5 Å². The summed E-state index contributed by atoms with van der Waals surface area (Å²) in [5, 5.41) is 19.8. The molecule has 0 radical (unpaired) electrons. The third-order valence-electron chi connectivity index (χ3n) is 11.5. The van der Waals surface area contributed by atoms with Gasteiger partial charge in [0.1, 0.15) is 52.2 Å². The van der Waals surface area contributed by atoms with E-state index in [1.165, 1.54) is 24.5 Å². The van der Waals surface area contributed by atoms with Crippen molar-refractivity contribution >= 4 is 52.2 Å². The fraction of sp³-hybridized carbons (Fsp3) is 0.524. The summed E-state index contributed by atoms with van der Waals surface area (Å²) in [5.41, 5.74) is -0.915. The first-order valence-corrected chi connectivity index (χ1v) is 19.9. The topological polar surface area (TPSA) is 181 Å². The van der Waals surface area contributed by atoms with E-state index in [-0.39, 0.29) is 36.6 Å². The van der Waals surface area contributed by atoms with Gasteiger partial charge in [-0.3, -0.25) is 9.59 Å². The minimum Gasteiger partial charge on any atom is -0.495 e. The van der Waals surface area contributed by atoms with E-state index in [2.05, 4.69) is 22.5 Å². The van der Waals surface area contributed by atoms with Gasteiger partial charge < -0.3 is 40.2 Å². The minimum atomic E-state index is -1.53. The highest BCUT2D eigenvalue weighted by Gasteiger charge is 2.61. The average molecular weight is 803 g/mol. The number of carboxylic acids is 1. The summed E-state index contributed by atoms with van der Waals surface area (Å²) in [6, 6.07) is 8.69. The number of alkyl carbamates (subject to hydrolysis) is 1. The highest BCUT2D eigenvalue weighted by molar-refractivity contribution is 6.36. The smallest absolute Gasteiger partial charge is 0.408 e. The second-order valence-electron chi connectivity index (χ2n) is 17.2. The van der Waals surface area contributed by atoms with Gasteiger partial charge in [-0.2, -0.15) is 0 Å². The van der Waals surface area contributed by atoms with E-state index < -0.39 is 58.9 Å². The van der Waals surface area contributed by atoms with Crippen molar-refractivity contribution in [2.24, 2.45) is 23.2 Å². The molecule has 0 unspecified atom stereocenters. The van der Waals surface area contributed by atoms with Gasteiger partial charge in [0.15, 0.2) is 0 Å². The van der Waals surface area contributed by atoms with Crippen LogP contribution >= 0.6 is 11.6 Å². The summed E-state index contributed by atoms with van der Waals surface area (Å²) in [7, 11) is 1.51. The van der Waals surface area contributed by atoms with Gasteiger partial charge in [-0.1, -0.05) is 44.5 Å². The lowest BCUT2D eigenvalue weighted by molar-refractivity contribution is -0.146. The lowest BCUT2D eigenvalue weighted by Gasteiger charge is -2.35. The molecule has 0 bridgehead atoms. The average Bonchev–Trinajstić information content (AvgIpc) is 3.96. The molecule has 57 heavy (non-hydrogen) atoms. The Morgan fingerprint density at radius 2 is 1.75 bits per heavy atom. The van der Waals surface area contributed by atoms with Gasteiger partial charge in [0.05, 0.1) is 30.6 Å². The number of amides is 3. The molecule has 1 saturated heterocycles. The number of fused-ring (bicyclic) bond motifs is 2. The lowest BCUT2D eigenvalue weighted by Crippen LogP contribution is -2.59. The first kappa shape index (κ1) is 40.1. The quantitative estimate of drug-likeness (QED) is 0.144. The number of benzene rings is 1. The SMILES string of the molecule is C=C[C@@H]1C[C@]1(NC(=O)[C@@H]1C[C@@H](Oc2cc(-c3cccc(NC(C)C)n3)nc3c(Cl)c(OC)ccc23)CN1C(=O)[C@@H](NC(=O)O[C@@H]1C[C@@H]2C[C@@H]2C1)C(C)(C)C)C(=O)O. The Bertz CT molecular complexity index is 2100. The lowest BCUT2D eigenvalue weighted by atomic mass is 9.85. The van der Waals surface area contributed by atoms with Crippen LogP contribution in [-0.2, 0) is 19.1 Å². The predicted molar refractivity (Wildman–Crippen MR) is 214 cm³/mol. The van der Waals surface area contributed by atoms with E-state index >= 15 is 0 Å². The third kappa shape index (κ3) is 8.19. The van der Waals surface area contributed by atoms with Crippen molar-refractivity contribution in [3.8, 4) is 22.9 Å². The van der Waals surface area contributed by atoms with Crippen molar-refractivity contribution in [2.45, 2.75) is 103 Å². The Kier molecular flexibility index (Phi) is 10.8. The van der Waals surface area contributed by atoms with Gasteiger partial charge in [-0.25, -0.2) is 19.6 Å². The molecule has 7 rings (SSSR count). The Balaban J connectivity index is 1.21. The highest BCUT2D eigenvalue weighted by atomic mass is 35.5. The first-order chi connectivity index (χ1) is 27.0. The zero-order chi connectivity index (χ0) is 41.0. The second kappa shape index (κ2) is 15.3. The molecule has 8 atom stereocenters. The molecule has 1 aromatic carbocycles. The van der Waals surface area contributed by atoms with E-state index in [0.29, 0.717) is 51.4 Å². The zero-order valence-corrected chi connectivity index (χ0v) is 33.9. The summed E-state index contributed by atoms with van der Waals surface area (Å²) >= 11 is 6.84. The number of aromatic nitrogens is 2. The summed E-state index contributed by atoms with van der Waals surface area (Å²) in [6.07, 6.45) is 2.86. The van der Waals surface area contributed by atoms with Crippen molar-refractivity contribution in [3.05, 3.63) is 54.1 Å². The molecular formula is C42H51ClN6O8. The fourth-order valence-electron chi connectivity index (χ4n) is 8.30. The van der Waals surface area contributed by atoms with Crippen LogP contribution in [0.3, 0.4) is 0 Å². The zero-order valence-electron chi connectivity index (χ0n) is 33.1. The van der Waals surface area contributed by atoms with Gasteiger partial charge in [-0.15, -0.1) is 6.58 Å². The van der Waals surface area contributed by atoms with Crippen LogP contribution in [0.25, 0.3) is 22.3 Å². The molecule has 2 aromatic heterocycles. The van der Waals surface area contributed by atoms with E-state index in [9.17, 15) is 24.3 Å². The van der Waals surface area contributed by atoms with Crippen LogP contribution in [0.1, 0.15) is 66.7 Å². The Hall–Kier alpha value is -5.11. The van der Waals surface area contributed by atoms with Crippen molar-refractivity contribution in [1.82, 2.24) is 25.5 Å². The van der Waals surface area contributed by atoms with E-state index in [1.807, 2.05) is 52.8 Å². The normalized spacial score (nSPS) is 26.6. The summed E-state index contributed by atoms with van der Waals surface area (Å²) in [5.74, 6) is -0.187. The molecule has 3 aromatic rings. The van der Waals surface area contributed by atoms with Gasteiger partial charge >= 0.3 is 12.1 Å². The molecule has 1 aliphatic heterocycles. The number of halogens is 1. The number of methoxy groups -OCH3 is 1. The van der Waals surface area contributed by atoms with Crippen LogP contribution in [0, 0.1) is 23.2 Å². The van der Waals surface area contributed by atoms with Crippen molar-refractivity contribution in [2.75, 3.05) is 19.0 Å². The Labute approximate surface area is 337 Å². The number of aliphatic carboxylic acids is 1. The highest BCUT2D eigenvalue weighted by Crippen LogP contribution is 2.52. The first-order valence-electron chi connectivity index (χ1n) is 19.5. The van der Waals surface area contributed by atoms with Crippen LogP contribution < -0.4 is 25.4 Å². The molecule has 3 saturated carbocycles. The number of ether oxygens (including phenoxy) is 3. The van der Waals surface area contributed by atoms with Crippen LogP contribution in [0.15, 0.2) is 49.1 Å². The monoisotopic (exact) mass is 802 g/mol. The largest absolute Gasteiger partial charge is 0.495 e. The van der Waals surface area contributed by atoms with E-state index in [1.54, 1.807) is 18.2 Å². The number of carbonyl (C=O) groups excluding carboxylic acids is 3. The minimum absolute atomic E-state index is 0.0211. The van der Waals surface area contributed by atoms with E-state index in [0.717, 1.165) is 12.8 Å². The van der Waals surface area contributed by atoms with Crippen molar-refractivity contribution in [3.63, 3.8) is 0 Å². The maximum atomic E-state index is 14.7. The fourth-order valence-corrected chi connectivity index (χ4v) is 8.58. The van der Waals surface area contributed by atoms with Crippen LogP contribution in [0.2, 0.25) is 5.02 Å². The molecule has 15 heteroatoms. The molecular weight excluding hydrogens is 752 g/mol. The summed E-state index contributed by atoms with van der Waals surface area (Å²) < 4.78 is 18.0. The standard InChI is InChI=1S/C42H51ClN6O8/c1-8-24-19-42(24,39(52)53)48-37(50)30-17-26(20-49(30)38(51)36(41(4,5)6)47-40(54)57-25-15-22-14-23(22)16-25)56-32-18-29(28-10-9-11-33(45-28)44-21(2)3)46-35-27(32)12-13-31(55-7)34(35)43/h8-13,18,21-26,30,36H,1,14-17,19-20H2,2-7H3,(H,44,45)(H,47,54)(H,48,50)(H,52,53)/t22-,23+,24-,25+,26-,30+,36-,42-/m1/s1. The number of carbonyl (C=O) groups is 4. The van der Waals surface area contributed by atoms with Gasteiger partial charge in [0.25, 0.3) is 0 Å². The third-order valence-corrected chi connectivity index (χ3v) is 11.9. The van der Waals surface area contributed by atoms with Gasteiger partial charge in [0.2, 0.25) is 11.8 Å². The number of carboxylic acid groups (broad SMARTS) is 1. The van der Waals surface area contributed by atoms with Crippen molar-refractivity contribution < 1.29 is 38.5 Å². The maximum absolute atomic E-state index is 14.7. The molecule has 0 spiro atoms. The predicted octanol–water partition coefficient (Wildman–Crippen LogP) is 6.21. The molecule has 4 fully saturated rings. The van der Waals surface area contributed by atoms with Crippen molar-refractivity contribution in [1.29, 1.82) is 0 Å². The van der Waals surface area contributed by atoms with Crippen LogP contribution in [0.4, 0.5) is 10.6 Å². The number of hydrogen-bond donors (Lipinski definition) is 4. The maximum Gasteiger partial charge on any atom is 0.408 e.